The van der Waals surface area contributed by atoms with Crippen LogP contribution < -0.4 is 5.32 Å². The van der Waals surface area contributed by atoms with Gasteiger partial charge < -0.3 is 10.4 Å². The molecular formula is C14H12BrF2NO. The molecule has 19 heavy (non-hydrogen) atoms. The van der Waals surface area contributed by atoms with Crippen LogP contribution in [0.2, 0.25) is 0 Å². The number of nitrogens with one attached hydrogen (secondary N) is 1. The van der Waals surface area contributed by atoms with Crippen molar-refractivity contribution in [3.63, 3.8) is 0 Å². The topological polar surface area (TPSA) is 32.3 Å². The maximum Gasteiger partial charge on any atom is 0.147 e. The summed E-state index contributed by atoms with van der Waals surface area (Å²) in [5.74, 6) is -1.07. The van der Waals surface area contributed by atoms with Crippen LogP contribution in [-0.2, 0) is 0 Å². The number of halogens is 3. The van der Waals surface area contributed by atoms with E-state index in [1.54, 1.807) is 19.1 Å². The Morgan fingerprint density at radius 1 is 1.21 bits per heavy atom. The molecule has 0 radical (unpaired) electrons. The largest absolute Gasteiger partial charge is 0.507 e. The maximum atomic E-state index is 13.7. The van der Waals surface area contributed by atoms with E-state index >= 15 is 0 Å². The van der Waals surface area contributed by atoms with Crippen LogP contribution in [0.1, 0.15) is 18.5 Å². The van der Waals surface area contributed by atoms with E-state index in [2.05, 4.69) is 21.2 Å². The number of phenolic OH excluding ortho intramolecular Hbond substituents is 1. The molecule has 2 aromatic carbocycles. The molecule has 2 nitrogen and oxygen atoms in total. The van der Waals surface area contributed by atoms with Crippen molar-refractivity contribution >= 4 is 21.6 Å². The lowest BCUT2D eigenvalue weighted by molar-refractivity contribution is 0.459. The number of anilines is 1. The maximum absolute atomic E-state index is 13.7. The molecular weight excluding hydrogens is 316 g/mol. The predicted molar refractivity (Wildman–Crippen MR) is 74.2 cm³/mol. The molecule has 0 saturated heterocycles. The van der Waals surface area contributed by atoms with Crippen molar-refractivity contribution < 1.29 is 13.9 Å². The number of hydrogen-bond acceptors (Lipinski definition) is 2. The van der Waals surface area contributed by atoms with E-state index in [1.807, 2.05) is 0 Å². The summed E-state index contributed by atoms with van der Waals surface area (Å²) in [4.78, 5) is 0. The Labute approximate surface area is 118 Å². The van der Waals surface area contributed by atoms with Crippen molar-refractivity contribution in [3.05, 3.63) is 58.1 Å². The SMILES string of the molecule is CC(Nc1c(F)cccc1Br)c1ccc(F)cc1O. The Hall–Kier alpha value is -1.62. The van der Waals surface area contributed by atoms with E-state index in [9.17, 15) is 13.9 Å². The Balaban J connectivity index is 2.28. The van der Waals surface area contributed by atoms with Gasteiger partial charge in [-0.25, -0.2) is 8.78 Å². The van der Waals surface area contributed by atoms with E-state index in [0.717, 1.165) is 6.07 Å². The minimum Gasteiger partial charge on any atom is -0.507 e. The summed E-state index contributed by atoms with van der Waals surface area (Å²) >= 11 is 3.25. The van der Waals surface area contributed by atoms with Gasteiger partial charge in [0.25, 0.3) is 0 Å². The molecule has 0 amide bonds. The van der Waals surface area contributed by atoms with E-state index < -0.39 is 11.6 Å². The van der Waals surface area contributed by atoms with Gasteiger partial charge in [-0.3, -0.25) is 0 Å². The summed E-state index contributed by atoms with van der Waals surface area (Å²) in [6.07, 6.45) is 0. The van der Waals surface area contributed by atoms with Gasteiger partial charge in [0, 0.05) is 16.1 Å². The molecule has 0 aliphatic heterocycles. The molecule has 0 spiro atoms. The number of benzene rings is 2. The van der Waals surface area contributed by atoms with Crippen LogP contribution in [0.25, 0.3) is 0 Å². The highest BCUT2D eigenvalue weighted by Gasteiger charge is 2.14. The molecule has 0 fully saturated rings. The Bertz CT molecular complexity index is 584. The van der Waals surface area contributed by atoms with Crippen molar-refractivity contribution in [1.29, 1.82) is 0 Å². The van der Waals surface area contributed by atoms with Gasteiger partial charge in [-0.05, 0) is 41.1 Å². The van der Waals surface area contributed by atoms with Crippen LogP contribution in [0, 0.1) is 11.6 Å². The smallest absolute Gasteiger partial charge is 0.147 e. The average molecular weight is 328 g/mol. The van der Waals surface area contributed by atoms with E-state index in [4.69, 9.17) is 0 Å². The molecule has 5 heteroatoms. The van der Waals surface area contributed by atoms with Crippen molar-refractivity contribution in [1.82, 2.24) is 0 Å². The minimum atomic E-state index is -0.513. The first kappa shape index (κ1) is 13.8. The van der Waals surface area contributed by atoms with Crippen molar-refractivity contribution in [2.24, 2.45) is 0 Å². The van der Waals surface area contributed by atoms with Crippen LogP contribution >= 0.6 is 15.9 Å². The second-order valence-electron chi connectivity index (χ2n) is 4.17. The first-order valence-corrected chi connectivity index (χ1v) is 6.47. The first-order valence-electron chi connectivity index (χ1n) is 5.68. The van der Waals surface area contributed by atoms with Crippen LogP contribution in [0.4, 0.5) is 14.5 Å². The fourth-order valence-corrected chi connectivity index (χ4v) is 2.27. The predicted octanol–water partition coefficient (Wildman–Crippen LogP) is 4.61. The highest BCUT2D eigenvalue weighted by atomic mass is 79.9. The highest BCUT2D eigenvalue weighted by Crippen LogP contribution is 2.32. The van der Waals surface area contributed by atoms with Crippen LogP contribution in [-0.4, -0.2) is 5.11 Å². The van der Waals surface area contributed by atoms with Gasteiger partial charge >= 0.3 is 0 Å². The fraction of sp³-hybridized carbons (Fsp3) is 0.143. The lowest BCUT2D eigenvalue weighted by Gasteiger charge is -2.18. The summed E-state index contributed by atoms with van der Waals surface area (Å²) in [7, 11) is 0. The molecule has 2 aromatic rings. The van der Waals surface area contributed by atoms with Gasteiger partial charge in [-0.1, -0.05) is 12.1 Å². The normalized spacial score (nSPS) is 12.2. The number of phenols is 1. The molecule has 0 aromatic heterocycles. The van der Waals surface area contributed by atoms with Crippen LogP contribution in [0.3, 0.4) is 0 Å². The third kappa shape index (κ3) is 3.04. The summed E-state index contributed by atoms with van der Waals surface area (Å²) < 4.78 is 27.2. The molecule has 100 valence electrons. The number of rotatable bonds is 3. The lowest BCUT2D eigenvalue weighted by Crippen LogP contribution is -2.09. The summed E-state index contributed by atoms with van der Waals surface area (Å²) in [6, 6.07) is 8.02. The molecule has 0 bridgehead atoms. The number of para-hydroxylation sites is 1. The van der Waals surface area contributed by atoms with Gasteiger partial charge in [-0.15, -0.1) is 0 Å². The van der Waals surface area contributed by atoms with Gasteiger partial charge in [0.15, 0.2) is 0 Å². The van der Waals surface area contributed by atoms with Crippen LogP contribution in [0.5, 0.6) is 5.75 Å². The lowest BCUT2D eigenvalue weighted by atomic mass is 10.1. The number of aromatic hydroxyl groups is 1. The first-order chi connectivity index (χ1) is 8.99. The van der Waals surface area contributed by atoms with Gasteiger partial charge in [-0.2, -0.15) is 0 Å². The van der Waals surface area contributed by atoms with Gasteiger partial charge in [0.05, 0.1) is 11.7 Å². The molecule has 1 atom stereocenters. The molecule has 0 saturated carbocycles. The standard InChI is InChI=1S/C14H12BrF2NO/c1-8(10-6-5-9(16)7-13(10)19)18-14-11(15)3-2-4-12(14)17/h2-8,18-19H,1H3. The van der Waals surface area contributed by atoms with E-state index in [-0.39, 0.29) is 11.8 Å². The second-order valence-corrected chi connectivity index (χ2v) is 5.02. The summed E-state index contributed by atoms with van der Waals surface area (Å²) in [6.45, 7) is 1.76. The Morgan fingerprint density at radius 3 is 2.58 bits per heavy atom. The van der Waals surface area contributed by atoms with Crippen molar-refractivity contribution in [2.75, 3.05) is 5.32 Å². The molecule has 2 N–H and O–H groups in total. The third-order valence-electron chi connectivity index (χ3n) is 2.78. The van der Waals surface area contributed by atoms with E-state index in [1.165, 1.54) is 18.2 Å². The molecule has 0 heterocycles. The zero-order valence-corrected chi connectivity index (χ0v) is 11.7. The van der Waals surface area contributed by atoms with Crippen molar-refractivity contribution in [2.45, 2.75) is 13.0 Å². The van der Waals surface area contributed by atoms with Gasteiger partial charge in [0.2, 0.25) is 0 Å². The zero-order chi connectivity index (χ0) is 14.0. The molecule has 0 aliphatic carbocycles. The Kier molecular flexibility index (Phi) is 4.04. The summed E-state index contributed by atoms with van der Waals surface area (Å²) in [5.41, 5.74) is 0.801. The molecule has 2 rings (SSSR count). The quantitative estimate of drug-likeness (QED) is 0.863. The highest BCUT2D eigenvalue weighted by molar-refractivity contribution is 9.10. The minimum absolute atomic E-state index is 0.160. The van der Waals surface area contributed by atoms with Crippen LogP contribution in [0.15, 0.2) is 40.9 Å². The van der Waals surface area contributed by atoms with E-state index in [0.29, 0.717) is 15.7 Å². The number of hydrogen-bond donors (Lipinski definition) is 2. The Morgan fingerprint density at radius 2 is 1.95 bits per heavy atom. The zero-order valence-electron chi connectivity index (χ0n) is 10.1. The second kappa shape index (κ2) is 5.57. The molecule has 1 unspecified atom stereocenters. The average Bonchev–Trinajstić information content (AvgIpc) is 2.33. The third-order valence-corrected chi connectivity index (χ3v) is 3.44. The fourth-order valence-electron chi connectivity index (χ4n) is 1.81. The molecule has 0 aliphatic rings. The van der Waals surface area contributed by atoms with Crippen molar-refractivity contribution in [3.8, 4) is 5.75 Å². The summed E-state index contributed by atoms with van der Waals surface area (Å²) in [5, 5.41) is 12.6. The monoisotopic (exact) mass is 327 g/mol. The van der Waals surface area contributed by atoms with Gasteiger partial charge in [0.1, 0.15) is 17.4 Å².